The topological polar surface area (TPSA) is 139 Å². The Morgan fingerprint density at radius 1 is 1.23 bits per heavy atom. The van der Waals surface area contributed by atoms with Gasteiger partial charge in [0.05, 0.1) is 1.37 Å². The number of primary sulfonamides is 1. The summed E-state index contributed by atoms with van der Waals surface area (Å²) < 4.78 is 46.2. The average molecular weight is 447 g/mol. The highest BCUT2D eigenvalue weighted by Crippen LogP contribution is 2.32. The molecule has 3 amide bonds. The molecule has 9 nitrogen and oxygen atoms in total. The Hall–Kier alpha value is -3.31. The molecule has 0 aromatic heterocycles. The lowest BCUT2D eigenvalue weighted by Crippen LogP contribution is -2.52. The molecule has 1 saturated heterocycles. The van der Waals surface area contributed by atoms with Crippen LogP contribution in [0.3, 0.4) is 0 Å². The zero-order chi connectivity index (χ0) is 23.3. The van der Waals surface area contributed by atoms with E-state index < -0.39 is 44.5 Å². The van der Waals surface area contributed by atoms with Gasteiger partial charge in [0.2, 0.25) is 21.8 Å². The maximum Gasteiger partial charge on any atom is 0.255 e. The maximum absolute atomic E-state index is 14.6. The predicted octanol–water partition coefficient (Wildman–Crippen LogP) is 0.846. The molecule has 0 unspecified atom stereocenters. The van der Waals surface area contributed by atoms with Crippen LogP contribution in [-0.4, -0.2) is 37.1 Å². The van der Waals surface area contributed by atoms with Crippen molar-refractivity contribution in [2.75, 3.05) is 5.32 Å². The largest absolute Gasteiger partial charge is 0.381 e. The number of nitrogens with two attached hydrogens (primary N) is 1. The van der Waals surface area contributed by atoms with Gasteiger partial charge in [0, 0.05) is 41.9 Å². The molecular weight excluding hydrogens is 427 g/mol. The van der Waals surface area contributed by atoms with E-state index in [9.17, 15) is 27.2 Å². The Bertz CT molecular complexity index is 1270. The molecule has 2 aromatic carbocycles. The van der Waals surface area contributed by atoms with Crippen LogP contribution in [-0.2, 0) is 32.7 Å². The highest BCUT2D eigenvalue weighted by atomic mass is 32.2. The van der Waals surface area contributed by atoms with Crippen LogP contribution in [0.5, 0.6) is 0 Å². The van der Waals surface area contributed by atoms with Gasteiger partial charge in [0.25, 0.3) is 5.91 Å². The molecule has 2 aliphatic rings. The third-order valence-electron chi connectivity index (χ3n) is 5.22. The van der Waals surface area contributed by atoms with E-state index in [1.165, 1.54) is 12.1 Å². The van der Waals surface area contributed by atoms with Crippen LogP contribution in [0.2, 0.25) is 0 Å². The fourth-order valence-electron chi connectivity index (χ4n) is 3.68. The van der Waals surface area contributed by atoms with E-state index in [2.05, 4.69) is 10.6 Å². The summed E-state index contributed by atoms with van der Waals surface area (Å²) in [5.41, 5.74) is 1.31. The van der Waals surface area contributed by atoms with Gasteiger partial charge in [-0.15, -0.1) is 0 Å². The number of carbonyl (C=O) groups excluding carboxylic acids is 3. The summed E-state index contributed by atoms with van der Waals surface area (Å²) >= 11 is 0. The first-order chi connectivity index (χ1) is 15.0. The van der Waals surface area contributed by atoms with E-state index in [1.807, 2.05) is 0 Å². The van der Waals surface area contributed by atoms with Crippen molar-refractivity contribution in [1.82, 2.24) is 10.2 Å². The van der Waals surface area contributed by atoms with Gasteiger partial charge in [-0.3, -0.25) is 19.7 Å². The number of hydrogen-bond donors (Lipinski definition) is 3. The van der Waals surface area contributed by atoms with Crippen LogP contribution in [0.25, 0.3) is 0 Å². The first-order valence-corrected chi connectivity index (χ1v) is 10.9. The summed E-state index contributed by atoms with van der Waals surface area (Å²) in [6.07, 6.45) is -0.175. The molecule has 4 N–H and O–H groups in total. The van der Waals surface area contributed by atoms with Crippen LogP contribution in [0.1, 0.15) is 35.7 Å². The Labute approximate surface area is 178 Å². The molecule has 0 aliphatic carbocycles. The third kappa shape index (κ3) is 3.89. The number of hydrogen-bond acceptors (Lipinski definition) is 6. The Morgan fingerprint density at radius 2 is 1.97 bits per heavy atom. The van der Waals surface area contributed by atoms with E-state index in [0.29, 0.717) is 11.3 Å². The van der Waals surface area contributed by atoms with Crippen LogP contribution < -0.4 is 15.8 Å². The van der Waals surface area contributed by atoms with Crippen molar-refractivity contribution in [1.29, 1.82) is 0 Å². The molecule has 162 valence electrons. The van der Waals surface area contributed by atoms with E-state index in [1.54, 1.807) is 18.2 Å². The predicted molar refractivity (Wildman–Crippen MR) is 108 cm³/mol. The molecule has 0 spiro atoms. The average Bonchev–Trinajstić information content (AvgIpc) is 3.07. The summed E-state index contributed by atoms with van der Waals surface area (Å²) in [7, 11) is -4.23. The molecule has 1 fully saturated rings. The number of nitrogens with one attached hydrogen (secondary N) is 2. The number of imide groups is 1. The number of anilines is 1. The quantitative estimate of drug-likeness (QED) is 0.581. The Morgan fingerprint density at radius 3 is 2.68 bits per heavy atom. The molecule has 2 aromatic rings. The standard InChI is InChI=1S/C20H19FN4O5S/c21-18-11(3-1-6-16(18)31(22,29)30)9-23-14-5-2-4-12-13(14)10-25(20(12)28)15-7-8-17(26)24-19(15)27/h1-6,15,23H,7-10H2,(H2,22,29,30)(H,24,26,27)/t15-/m1/s1/i15D. The van der Waals surface area contributed by atoms with Crippen molar-refractivity contribution in [3.63, 3.8) is 0 Å². The summed E-state index contributed by atoms with van der Waals surface area (Å²) in [4.78, 5) is 37.2. The molecule has 0 saturated carbocycles. The third-order valence-corrected chi connectivity index (χ3v) is 6.14. The molecule has 1 atom stereocenters. The number of rotatable bonds is 5. The van der Waals surface area contributed by atoms with Gasteiger partial charge in [0.15, 0.2) is 0 Å². The van der Waals surface area contributed by atoms with Crippen molar-refractivity contribution < 1.29 is 28.6 Å². The normalized spacial score (nSPS) is 21.5. The van der Waals surface area contributed by atoms with E-state index in [4.69, 9.17) is 6.51 Å². The second-order valence-corrected chi connectivity index (χ2v) is 8.70. The SMILES string of the molecule is [2H][C@@]1(N2Cc3c(NCc4cccc(S(N)(=O)=O)c4F)cccc3C2=O)CCC(=O)NC1=O. The van der Waals surface area contributed by atoms with E-state index in [-0.39, 0.29) is 37.1 Å². The molecule has 2 heterocycles. The monoisotopic (exact) mass is 447 g/mol. The van der Waals surface area contributed by atoms with Gasteiger partial charge in [0.1, 0.15) is 16.7 Å². The first kappa shape index (κ1) is 19.6. The second kappa shape index (κ2) is 7.75. The van der Waals surface area contributed by atoms with Gasteiger partial charge >= 0.3 is 0 Å². The lowest BCUT2D eigenvalue weighted by molar-refractivity contribution is -0.136. The minimum absolute atomic E-state index is 0.0532. The highest BCUT2D eigenvalue weighted by Gasteiger charge is 2.39. The smallest absolute Gasteiger partial charge is 0.255 e. The molecule has 0 bridgehead atoms. The van der Waals surface area contributed by atoms with E-state index in [0.717, 1.165) is 11.0 Å². The van der Waals surface area contributed by atoms with Gasteiger partial charge in [-0.1, -0.05) is 18.2 Å². The summed E-state index contributed by atoms with van der Waals surface area (Å²) in [6, 6.07) is 6.72. The fourth-order valence-corrected chi connectivity index (χ4v) is 4.33. The van der Waals surface area contributed by atoms with Crippen LogP contribution in [0, 0.1) is 5.82 Å². The van der Waals surface area contributed by atoms with Gasteiger partial charge < -0.3 is 10.2 Å². The minimum atomic E-state index is -4.23. The van der Waals surface area contributed by atoms with E-state index >= 15 is 0 Å². The number of fused-ring (bicyclic) bond motifs is 1. The van der Waals surface area contributed by atoms with Gasteiger partial charge in [-0.25, -0.2) is 17.9 Å². The molecule has 4 rings (SSSR count). The fraction of sp³-hybridized carbons (Fsp3) is 0.250. The van der Waals surface area contributed by atoms with Crippen LogP contribution in [0.15, 0.2) is 41.3 Å². The van der Waals surface area contributed by atoms with Gasteiger partial charge in [-0.2, -0.15) is 0 Å². The van der Waals surface area contributed by atoms with Crippen LogP contribution in [0.4, 0.5) is 10.1 Å². The number of benzene rings is 2. The Kier molecular flexibility index (Phi) is 4.91. The molecule has 2 aliphatic heterocycles. The highest BCUT2D eigenvalue weighted by molar-refractivity contribution is 7.89. The number of nitrogens with zero attached hydrogens (tertiary/aromatic N) is 1. The van der Waals surface area contributed by atoms with Crippen molar-refractivity contribution in [3.8, 4) is 0 Å². The summed E-state index contributed by atoms with van der Waals surface area (Å²) in [5, 5.41) is 10.1. The lowest BCUT2D eigenvalue weighted by atomic mass is 10.0. The van der Waals surface area contributed by atoms with Crippen molar-refractivity contribution in [2.45, 2.75) is 36.8 Å². The maximum atomic E-state index is 14.6. The number of sulfonamides is 1. The molecule has 11 heteroatoms. The summed E-state index contributed by atoms with van der Waals surface area (Å²) in [6.45, 7) is -0.150. The van der Waals surface area contributed by atoms with Crippen molar-refractivity contribution in [3.05, 3.63) is 58.9 Å². The second-order valence-electron chi connectivity index (χ2n) is 7.17. The minimum Gasteiger partial charge on any atom is -0.381 e. The zero-order valence-electron chi connectivity index (χ0n) is 17.1. The molecule has 0 radical (unpaired) electrons. The van der Waals surface area contributed by atoms with Crippen molar-refractivity contribution >= 4 is 33.4 Å². The number of carbonyl (C=O) groups is 3. The first-order valence-electron chi connectivity index (χ1n) is 9.84. The number of amides is 3. The lowest BCUT2D eigenvalue weighted by Gasteiger charge is -2.29. The van der Waals surface area contributed by atoms with Crippen molar-refractivity contribution in [2.24, 2.45) is 5.14 Å². The summed E-state index contributed by atoms with van der Waals surface area (Å²) in [5.74, 6) is -2.84. The molecular formula is C20H19FN4O5S. The zero-order valence-corrected chi connectivity index (χ0v) is 17.0. The number of piperidine rings is 1. The Balaban J connectivity index is 1.60. The van der Waals surface area contributed by atoms with Gasteiger partial charge in [-0.05, 0) is 24.6 Å². The molecule has 31 heavy (non-hydrogen) atoms. The van der Waals surface area contributed by atoms with Crippen LogP contribution >= 0.6 is 0 Å². The number of halogens is 1.